The highest BCUT2D eigenvalue weighted by atomic mass is 35.5. The minimum atomic E-state index is -0.664. The molecule has 0 spiro atoms. The van der Waals surface area contributed by atoms with Crippen molar-refractivity contribution in [3.05, 3.63) is 68.7 Å². The van der Waals surface area contributed by atoms with Crippen LogP contribution in [0.4, 0.5) is 0 Å². The highest BCUT2D eigenvalue weighted by Crippen LogP contribution is 2.24. The van der Waals surface area contributed by atoms with Crippen LogP contribution in [-0.4, -0.2) is 28.8 Å². The Hall–Kier alpha value is -1.75. The van der Waals surface area contributed by atoms with Gasteiger partial charge in [0.2, 0.25) is 11.8 Å². The summed E-state index contributed by atoms with van der Waals surface area (Å²) >= 11 is 18.3. The standard InChI is InChI=1S/C22H25Cl3N2O2/c1-4-14(2)26-22(29)15(3)27(13-17-8-9-19(24)12-20(17)25)21(28)11-16-6-5-7-18(23)10-16/h5-10,12,14-15H,4,11,13H2,1-3H3,(H,26,29)/t14-,15-/m0/s1. The molecule has 2 rings (SSSR count). The lowest BCUT2D eigenvalue weighted by Crippen LogP contribution is -2.49. The molecule has 29 heavy (non-hydrogen) atoms. The number of halogens is 3. The zero-order valence-electron chi connectivity index (χ0n) is 16.7. The van der Waals surface area contributed by atoms with Crippen LogP contribution in [0.5, 0.6) is 0 Å². The number of nitrogens with zero attached hydrogens (tertiary/aromatic N) is 1. The molecule has 0 aliphatic carbocycles. The van der Waals surface area contributed by atoms with Crippen molar-refractivity contribution in [1.82, 2.24) is 10.2 Å². The van der Waals surface area contributed by atoms with Crippen molar-refractivity contribution in [1.29, 1.82) is 0 Å². The number of hydrogen-bond acceptors (Lipinski definition) is 2. The van der Waals surface area contributed by atoms with Crippen LogP contribution in [0.2, 0.25) is 15.1 Å². The predicted molar refractivity (Wildman–Crippen MR) is 120 cm³/mol. The van der Waals surface area contributed by atoms with Gasteiger partial charge in [0.1, 0.15) is 6.04 Å². The largest absolute Gasteiger partial charge is 0.352 e. The van der Waals surface area contributed by atoms with Crippen molar-refractivity contribution in [3.63, 3.8) is 0 Å². The van der Waals surface area contributed by atoms with Crippen LogP contribution in [0.25, 0.3) is 0 Å². The Morgan fingerprint density at radius 3 is 2.34 bits per heavy atom. The van der Waals surface area contributed by atoms with E-state index in [1.807, 2.05) is 19.9 Å². The maximum Gasteiger partial charge on any atom is 0.242 e. The second kappa shape index (κ2) is 10.9. The van der Waals surface area contributed by atoms with Gasteiger partial charge in [0.25, 0.3) is 0 Å². The van der Waals surface area contributed by atoms with E-state index in [0.29, 0.717) is 15.1 Å². The minimum absolute atomic E-state index is 0.0222. The molecule has 0 bridgehead atoms. The number of hydrogen-bond donors (Lipinski definition) is 1. The molecule has 0 aliphatic rings. The average molecular weight is 456 g/mol. The van der Waals surface area contributed by atoms with Crippen LogP contribution in [0.3, 0.4) is 0 Å². The van der Waals surface area contributed by atoms with Crippen LogP contribution in [0.15, 0.2) is 42.5 Å². The molecule has 0 saturated heterocycles. The molecule has 0 aromatic heterocycles. The van der Waals surface area contributed by atoms with Crippen LogP contribution >= 0.6 is 34.8 Å². The SMILES string of the molecule is CC[C@H](C)NC(=O)[C@H](C)N(Cc1ccc(Cl)cc1Cl)C(=O)Cc1cccc(Cl)c1. The van der Waals surface area contributed by atoms with Crippen LogP contribution in [0, 0.1) is 0 Å². The Balaban J connectivity index is 2.27. The van der Waals surface area contributed by atoms with Gasteiger partial charge in [0, 0.05) is 27.7 Å². The van der Waals surface area contributed by atoms with E-state index in [-0.39, 0.29) is 30.8 Å². The van der Waals surface area contributed by atoms with E-state index in [0.717, 1.165) is 17.5 Å². The summed E-state index contributed by atoms with van der Waals surface area (Å²) in [6.45, 7) is 5.84. The van der Waals surface area contributed by atoms with E-state index in [9.17, 15) is 9.59 Å². The Bertz CT molecular complexity index is 873. The molecule has 2 aromatic rings. The number of nitrogens with one attached hydrogen (secondary N) is 1. The molecular weight excluding hydrogens is 431 g/mol. The molecule has 7 heteroatoms. The lowest BCUT2D eigenvalue weighted by Gasteiger charge is -2.30. The lowest BCUT2D eigenvalue weighted by molar-refractivity contribution is -0.140. The third-order valence-corrected chi connectivity index (χ3v) is 5.59. The Labute approximate surface area is 187 Å². The Kier molecular flexibility index (Phi) is 8.81. The summed E-state index contributed by atoms with van der Waals surface area (Å²) in [5.41, 5.74) is 1.50. The van der Waals surface area contributed by atoms with E-state index in [4.69, 9.17) is 34.8 Å². The molecular formula is C22H25Cl3N2O2. The summed E-state index contributed by atoms with van der Waals surface area (Å²) in [5, 5.41) is 4.46. The first-order valence-electron chi connectivity index (χ1n) is 9.49. The van der Waals surface area contributed by atoms with Crippen LogP contribution in [0.1, 0.15) is 38.3 Å². The summed E-state index contributed by atoms with van der Waals surface area (Å²) in [7, 11) is 0. The molecule has 0 aliphatic heterocycles. The summed E-state index contributed by atoms with van der Waals surface area (Å²) < 4.78 is 0. The quantitative estimate of drug-likeness (QED) is 0.569. The maximum absolute atomic E-state index is 13.1. The summed E-state index contributed by atoms with van der Waals surface area (Å²) in [5.74, 6) is -0.394. The summed E-state index contributed by atoms with van der Waals surface area (Å²) in [4.78, 5) is 27.4. The van der Waals surface area contributed by atoms with Gasteiger partial charge < -0.3 is 10.2 Å². The smallest absolute Gasteiger partial charge is 0.242 e. The van der Waals surface area contributed by atoms with Gasteiger partial charge in [-0.25, -0.2) is 0 Å². The van der Waals surface area contributed by atoms with Crippen molar-refractivity contribution in [2.75, 3.05) is 0 Å². The molecule has 0 unspecified atom stereocenters. The maximum atomic E-state index is 13.1. The number of carbonyl (C=O) groups excluding carboxylic acids is 2. The molecule has 1 N–H and O–H groups in total. The fraction of sp³-hybridized carbons (Fsp3) is 0.364. The number of rotatable bonds is 8. The number of benzene rings is 2. The Morgan fingerprint density at radius 1 is 1.03 bits per heavy atom. The van der Waals surface area contributed by atoms with Crippen molar-refractivity contribution >= 4 is 46.6 Å². The first-order valence-corrected chi connectivity index (χ1v) is 10.6. The van der Waals surface area contributed by atoms with Crippen LogP contribution < -0.4 is 5.32 Å². The second-order valence-corrected chi connectivity index (χ2v) is 8.34. The van der Waals surface area contributed by atoms with E-state index >= 15 is 0 Å². The van der Waals surface area contributed by atoms with E-state index in [2.05, 4.69) is 5.32 Å². The molecule has 0 radical (unpaired) electrons. The molecule has 0 saturated carbocycles. The van der Waals surface area contributed by atoms with E-state index in [1.54, 1.807) is 43.3 Å². The molecule has 0 heterocycles. The fourth-order valence-electron chi connectivity index (χ4n) is 2.80. The average Bonchev–Trinajstić information content (AvgIpc) is 2.66. The molecule has 2 amide bonds. The molecule has 156 valence electrons. The van der Waals surface area contributed by atoms with Gasteiger partial charge in [-0.3, -0.25) is 9.59 Å². The van der Waals surface area contributed by atoms with Gasteiger partial charge in [-0.2, -0.15) is 0 Å². The highest BCUT2D eigenvalue weighted by molar-refractivity contribution is 6.35. The molecule has 0 fully saturated rings. The van der Waals surface area contributed by atoms with E-state index < -0.39 is 6.04 Å². The molecule has 4 nitrogen and oxygen atoms in total. The molecule has 2 atom stereocenters. The summed E-state index contributed by atoms with van der Waals surface area (Å²) in [6.07, 6.45) is 0.935. The summed E-state index contributed by atoms with van der Waals surface area (Å²) in [6, 6.07) is 11.6. The normalized spacial score (nSPS) is 12.9. The third-order valence-electron chi connectivity index (χ3n) is 4.77. The van der Waals surface area contributed by atoms with E-state index in [1.165, 1.54) is 4.90 Å². The zero-order chi connectivity index (χ0) is 21.6. The fourth-order valence-corrected chi connectivity index (χ4v) is 3.49. The van der Waals surface area contributed by atoms with Gasteiger partial charge in [-0.15, -0.1) is 0 Å². The van der Waals surface area contributed by atoms with Crippen molar-refractivity contribution in [2.45, 2.75) is 52.2 Å². The first kappa shape index (κ1) is 23.5. The van der Waals surface area contributed by atoms with Gasteiger partial charge >= 0.3 is 0 Å². The minimum Gasteiger partial charge on any atom is -0.352 e. The number of carbonyl (C=O) groups is 2. The monoisotopic (exact) mass is 454 g/mol. The predicted octanol–water partition coefficient (Wildman–Crippen LogP) is 5.52. The highest BCUT2D eigenvalue weighted by Gasteiger charge is 2.27. The van der Waals surface area contributed by atoms with Crippen molar-refractivity contribution in [2.24, 2.45) is 0 Å². The third kappa shape index (κ3) is 6.91. The van der Waals surface area contributed by atoms with Crippen molar-refractivity contribution < 1.29 is 9.59 Å². The van der Waals surface area contributed by atoms with Gasteiger partial charge in [-0.1, -0.05) is 59.9 Å². The van der Waals surface area contributed by atoms with Gasteiger partial charge in [0.05, 0.1) is 6.42 Å². The first-order chi connectivity index (χ1) is 13.7. The second-order valence-electron chi connectivity index (χ2n) is 7.06. The zero-order valence-corrected chi connectivity index (χ0v) is 19.0. The van der Waals surface area contributed by atoms with Gasteiger partial charge in [0.15, 0.2) is 0 Å². The van der Waals surface area contributed by atoms with Crippen molar-refractivity contribution in [3.8, 4) is 0 Å². The molecule has 2 aromatic carbocycles. The Morgan fingerprint density at radius 2 is 1.72 bits per heavy atom. The van der Waals surface area contributed by atoms with Gasteiger partial charge in [-0.05, 0) is 55.7 Å². The topological polar surface area (TPSA) is 49.4 Å². The van der Waals surface area contributed by atoms with Crippen LogP contribution in [-0.2, 0) is 22.6 Å². The lowest BCUT2D eigenvalue weighted by atomic mass is 10.1. The number of amides is 2.